The van der Waals surface area contributed by atoms with E-state index in [0.717, 1.165) is 21.0 Å². The minimum atomic E-state index is -0.0149. The number of carbonyl (C=O) groups excluding carboxylic acids is 1. The smallest absolute Gasteiger partial charge is 0.179 e. The summed E-state index contributed by atoms with van der Waals surface area (Å²) in [6.45, 7) is 1.53. The maximum atomic E-state index is 11.3. The predicted octanol–water partition coefficient (Wildman–Crippen LogP) is 3.45. The van der Waals surface area contributed by atoms with E-state index in [-0.39, 0.29) is 5.78 Å². The number of benzene rings is 1. The zero-order chi connectivity index (χ0) is 12.0. The van der Waals surface area contributed by atoms with Gasteiger partial charge in [0, 0.05) is 17.6 Å². The predicted molar refractivity (Wildman–Crippen MR) is 70.4 cm³/mol. The lowest BCUT2D eigenvalue weighted by Gasteiger charge is -2.01. The fourth-order valence-electron chi connectivity index (χ4n) is 1.92. The number of carbonyl (C=O) groups is 1. The molecule has 0 bridgehead atoms. The molecule has 3 nitrogen and oxygen atoms in total. The lowest BCUT2D eigenvalue weighted by atomic mass is 10.2. The van der Waals surface area contributed by atoms with Gasteiger partial charge in [-0.2, -0.15) is 0 Å². The highest BCUT2D eigenvalue weighted by Crippen LogP contribution is 2.21. The summed E-state index contributed by atoms with van der Waals surface area (Å²) in [6, 6.07) is 9.96. The summed E-state index contributed by atoms with van der Waals surface area (Å²) in [5.41, 5.74) is 2.34. The summed E-state index contributed by atoms with van der Waals surface area (Å²) in [6.07, 6.45) is 1.79. The van der Waals surface area contributed by atoms with Gasteiger partial charge >= 0.3 is 0 Å². The maximum absolute atomic E-state index is 11.3. The van der Waals surface area contributed by atoms with Crippen molar-refractivity contribution >= 4 is 38.3 Å². The average Bonchev–Trinajstić information content (AvgIpc) is 2.72. The van der Waals surface area contributed by atoms with E-state index in [9.17, 15) is 4.79 Å². The van der Waals surface area contributed by atoms with E-state index >= 15 is 0 Å². The Hall–Kier alpha value is -1.68. The van der Waals surface area contributed by atoms with Gasteiger partial charge in [0.1, 0.15) is 11.3 Å². The first kappa shape index (κ1) is 10.5. The van der Waals surface area contributed by atoms with E-state index < -0.39 is 0 Å². The molecule has 0 unspecified atom stereocenters. The molecular weight excluding hydrogens is 280 g/mol. The van der Waals surface area contributed by atoms with Gasteiger partial charge in [-0.3, -0.25) is 9.20 Å². The van der Waals surface area contributed by atoms with Crippen molar-refractivity contribution in [2.24, 2.45) is 0 Å². The molecule has 0 amide bonds. The van der Waals surface area contributed by atoms with E-state index in [0.29, 0.717) is 5.69 Å². The first-order valence-electron chi connectivity index (χ1n) is 5.23. The summed E-state index contributed by atoms with van der Waals surface area (Å²) < 4.78 is 2.98. The molecule has 3 aromatic rings. The topological polar surface area (TPSA) is 34.4 Å². The van der Waals surface area contributed by atoms with Crippen molar-refractivity contribution in [1.29, 1.82) is 0 Å². The normalized spacial score (nSPS) is 11.2. The van der Waals surface area contributed by atoms with Crippen molar-refractivity contribution in [1.82, 2.24) is 9.38 Å². The highest BCUT2D eigenvalue weighted by atomic mass is 79.9. The molecule has 0 N–H and O–H groups in total. The Labute approximate surface area is 106 Å². The third-order valence-corrected chi connectivity index (χ3v) is 3.25. The Kier molecular flexibility index (Phi) is 2.26. The standard InChI is InChI=1S/C13H9BrN2O/c1-8(17)11-7-16-12-4-3-10(14)6-9(12)2-5-13(16)15-11/h2-7H,1H3. The summed E-state index contributed by atoms with van der Waals surface area (Å²) >= 11 is 3.45. The van der Waals surface area contributed by atoms with Gasteiger partial charge < -0.3 is 0 Å². The van der Waals surface area contributed by atoms with Gasteiger partial charge in [0.2, 0.25) is 0 Å². The van der Waals surface area contributed by atoms with Gasteiger partial charge in [0.05, 0.1) is 5.52 Å². The fourth-order valence-corrected chi connectivity index (χ4v) is 2.30. The molecule has 0 radical (unpaired) electrons. The molecule has 3 rings (SSSR count). The van der Waals surface area contributed by atoms with Gasteiger partial charge in [-0.25, -0.2) is 4.98 Å². The molecule has 4 heteroatoms. The molecule has 0 fully saturated rings. The molecule has 1 aromatic carbocycles. The minimum Gasteiger partial charge on any atom is -0.299 e. The number of Topliss-reactive ketones (excluding diaryl/α,β-unsaturated/α-hetero) is 1. The molecule has 17 heavy (non-hydrogen) atoms. The number of aromatic nitrogens is 2. The molecule has 0 saturated carbocycles. The second kappa shape index (κ2) is 3.67. The quantitative estimate of drug-likeness (QED) is 0.643. The number of ketones is 1. The van der Waals surface area contributed by atoms with E-state index in [1.165, 1.54) is 6.92 Å². The number of nitrogens with zero attached hydrogens (tertiary/aromatic N) is 2. The van der Waals surface area contributed by atoms with Crippen LogP contribution in [0.15, 0.2) is 41.0 Å². The molecule has 2 heterocycles. The maximum Gasteiger partial charge on any atom is 0.179 e. The van der Waals surface area contributed by atoms with Crippen LogP contribution in [0.4, 0.5) is 0 Å². The van der Waals surface area contributed by atoms with Crippen LogP contribution in [-0.4, -0.2) is 15.2 Å². The molecule has 0 spiro atoms. The highest BCUT2D eigenvalue weighted by Gasteiger charge is 2.07. The van der Waals surface area contributed by atoms with Crippen molar-refractivity contribution in [2.45, 2.75) is 6.92 Å². The van der Waals surface area contributed by atoms with Crippen LogP contribution in [0.25, 0.3) is 16.6 Å². The first-order valence-corrected chi connectivity index (χ1v) is 6.03. The van der Waals surface area contributed by atoms with Crippen molar-refractivity contribution in [3.8, 4) is 0 Å². The second-order valence-electron chi connectivity index (χ2n) is 3.95. The monoisotopic (exact) mass is 288 g/mol. The Morgan fingerprint density at radius 1 is 1.29 bits per heavy atom. The van der Waals surface area contributed by atoms with Crippen molar-refractivity contribution in [3.63, 3.8) is 0 Å². The lowest BCUT2D eigenvalue weighted by molar-refractivity contribution is 0.101. The number of hydrogen-bond acceptors (Lipinski definition) is 2. The highest BCUT2D eigenvalue weighted by molar-refractivity contribution is 9.10. The molecule has 84 valence electrons. The van der Waals surface area contributed by atoms with E-state index in [4.69, 9.17) is 0 Å². The van der Waals surface area contributed by atoms with Crippen LogP contribution in [0.3, 0.4) is 0 Å². The molecule has 0 aliphatic heterocycles. The van der Waals surface area contributed by atoms with Gasteiger partial charge in [0.25, 0.3) is 0 Å². The number of hydrogen-bond donors (Lipinski definition) is 0. The molecule has 2 aromatic heterocycles. The SMILES string of the molecule is CC(=O)c1cn2c(ccc3cc(Br)ccc32)n1. The molecule has 0 aliphatic rings. The van der Waals surface area contributed by atoms with Crippen molar-refractivity contribution < 1.29 is 4.79 Å². The number of halogens is 1. The molecular formula is C13H9BrN2O. The number of imidazole rings is 1. The van der Waals surface area contributed by atoms with Crippen LogP contribution in [0, 0.1) is 0 Å². The van der Waals surface area contributed by atoms with Gasteiger partial charge in [-0.15, -0.1) is 0 Å². The van der Waals surface area contributed by atoms with Crippen LogP contribution in [-0.2, 0) is 0 Å². The van der Waals surface area contributed by atoms with Gasteiger partial charge in [0.15, 0.2) is 5.78 Å². The van der Waals surface area contributed by atoms with Crippen LogP contribution in [0.2, 0.25) is 0 Å². The summed E-state index contributed by atoms with van der Waals surface area (Å²) in [4.78, 5) is 15.6. The molecule has 0 aliphatic carbocycles. The third-order valence-electron chi connectivity index (χ3n) is 2.75. The van der Waals surface area contributed by atoms with Crippen LogP contribution >= 0.6 is 15.9 Å². The Morgan fingerprint density at radius 2 is 2.12 bits per heavy atom. The summed E-state index contributed by atoms with van der Waals surface area (Å²) in [5, 5.41) is 1.11. The number of fused-ring (bicyclic) bond motifs is 3. The summed E-state index contributed by atoms with van der Waals surface area (Å²) in [7, 11) is 0. The van der Waals surface area contributed by atoms with E-state index in [1.807, 2.05) is 34.7 Å². The van der Waals surface area contributed by atoms with Crippen molar-refractivity contribution in [2.75, 3.05) is 0 Å². The first-order chi connectivity index (χ1) is 8.15. The zero-order valence-corrected chi connectivity index (χ0v) is 10.7. The zero-order valence-electron chi connectivity index (χ0n) is 9.14. The average molecular weight is 289 g/mol. The minimum absolute atomic E-state index is 0.0149. The number of pyridine rings is 1. The van der Waals surface area contributed by atoms with Gasteiger partial charge in [-0.05, 0) is 35.7 Å². The van der Waals surface area contributed by atoms with Gasteiger partial charge in [-0.1, -0.05) is 15.9 Å². The Morgan fingerprint density at radius 3 is 2.88 bits per heavy atom. The van der Waals surface area contributed by atoms with E-state index in [2.05, 4.69) is 20.9 Å². The van der Waals surface area contributed by atoms with Crippen LogP contribution in [0.5, 0.6) is 0 Å². The molecule has 0 atom stereocenters. The fraction of sp³-hybridized carbons (Fsp3) is 0.0769. The molecule has 0 saturated heterocycles. The lowest BCUT2D eigenvalue weighted by Crippen LogP contribution is -1.90. The summed E-state index contributed by atoms with van der Waals surface area (Å²) in [5.74, 6) is -0.0149. The Bertz CT molecular complexity index is 746. The van der Waals surface area contributed by atoms with Crippen LogP contribution < -0.4 is 0 Å². The van der Waals surface area contributed by atoms with Crippen LogP contribution in [0.1, 0.15) is 17.4 Å². The largest absolute Gasteiger partial charge is 0.299 e. The van der Waals surface area contributed by atoms with Crippen molar-refractivity contribution in [3.05, 3.63) is 46.7 Å². The van der Waals surface area contributed by atoms with E-state index in [1.54, 1.807) is 6.20 Å². The second-order valence-corrected chi connectivity index (χ2v) is 4.86. The third kappa shape index (κ3) is 1.65. The Balaban J connectivity index is 2.42. The number of rotatable bonds is 1.